The number of likely N-dealkylation sites (tertiary alicyclic amines) is 1. The van der Waals surface area contributed by atoms with Crippen LogP contribution in [0.3, 0.4) is 0 Å². The predicted octanol–water partition coefficient (Wildman–Crippen LogP) is 1.84. The quantitative estimate of drug-likeness (QED) is 0.680. The Kier molecular flexibility index (Phi) is 7.00. The molecule has 1 aliphatic heterocycles. The Balaban J connectivity index is 1.54. The molecule has 0 aliphatic carbocycles. The summed E-state index contributed by atoms with van der Waals surface area (Å²) in [4.78, 5) is 43.6. The smallest absolute Gasteiger partial charge is 0.407 e. The van der Waals surface area contributed by atoms with Crippen molar-refractivity contribution >= 4 is 23.6 Å². The number of amides is 3. The number of aryl methyl sites for hydroxylation is 2. The summed E-state index contributed by atoms with van der Waals surface area (Å²) in [5.41, 5.74) is 2.13. The van der Waals surface area contributed by atoms with Crippen LogP contribution >= 0.6 is 0 Å². The first kappa shape index (κ1) is 23.5. The lowest BCUT2D eigenvalue weighted by atomic mass is 9.96. The largest absolute Gasteiger partial charge is 0.444 e. The Bertz CT molecular complexity index is 1010. The average molecular weight is 445 g/mol. The third kappa shape index (κ3) is 5.74. The second-order valence-electron chi connectivity index (χ2n) is 9.14. The highest BCUT2D eigenvalue weighted by molar-refractivity contribution is 6.00. The van der Waals surface area contributed by atoms with Crippen molar-refractivity contribution in [2.45, 2.75) is 53.1 Å². The van der Waals surface area contributed by atoms with Crippen molar-refractivity contribution in [2.75, 3.05) is 26.2 Å². The third-order valence-corrected chi connectivity index (χ3v) is 5.18. The van der Waals surface area contributed by atoms with Crippen molar-refractivity contribution < 1.29 is 19.1 Å². The highest BCUT2D eigenvalue weighted by Crippen LogP contribution is 2.21. The van der Waals surface area contributed by atoms with Crippen LogP contribution in [0.25, 0.3) is 5.65 Å². The fourth-order valence-electron chi connectivity index (χ4n) is 3.78. The minimum atomic E-state index is -0.570. The molecule has 2 aromatic heterocycles. The van der Waals surface area contributed by atoms with Gasteiger partial charge in [-0.25, -0.2) is 14.3 Å². The maximum Gasteiger partial charge on any atom is 0.407 e. The number of piperidine rings is 1. The first-order chi connectivity index (χ1) is 15.0. The fraction of sp³-hybridized carbons (Fsp3) is 0.591. The highest BCUT2D eigenvalue weighted by atomic mass is 16.6. The number of carbonyl (C=O) groups is 3. The van der Waals surface area contributed by atoms with Crippen LogP contribution < -0.4 is 10.6 Å². The zero-order valence-corrected chi connectivity index (χ0v) is 19.4. The molecule has 1 unspecified atom stereocenters. The molecule has 3 amide bonds. The van der Waals surface area contributed by atoms with Gasteiger partial charge in [0.1, 0.15) is 11.2 Å². The number of aromatic nitrogens is 3. The molecule has 3 heterocycles. The van der Waals surface area contributed by atoms with E-state index in [0.29, 0.717) is 37.3 Å². The van der Waals surface area contributed by atoms with E-state index >= 15 is 0 Å². The molecule has 1 saturated heterocycles. The molecule has 2 aromatic rings. The van der Waals surface area contributed by atoms with Crippen LogP contribution in [-0.2, 0) is 9.53 Å². The summed E-state index contributed by atoms with van der Waals surface area (Å²) in [5.74, 6) is -0.591. The van der Waals surface area contributed by atoms with Gasteiger partial charge in [-0.2, -0.15) is 5.10 Å². The molecule has 0 saturated carbocycles. The van der Waals surface area contributed by atoms with E-state index in [1.165, 1.54) is 0 Å². The summed E-state index contributed by atoms with van der Waals surface area (Å²) >= 11 is 0. The number of fused-ring (bicyclic) bond motifs is 1. The minimum Gasteiger partial charge on any atom is -0.444 e. The molecule has 174 valence electrons. The van der Waals surface area contributed by atoms with E-state index in [9.17, 15) is 14.4 Å². The number of ether oxygens (including phenoxy) is 1. The lowest BCUT2D eigenvalue weighted by Crippen LogP contribution is -2.46. The molecular formula is C22H32N6O4. The van der Waals surface area contributed by atoms with Crippen molar-refractivity contribution in [3.05, 3.63) is 29.2 Å². The van der Waals surface area contributed by atoms with Gasteiger partial charge in [-0.3, -0.25) is 9.59 Å². The number of rotatable bonds is 5. The number of nitrogens with one attached hydrogen (secondary N) is 2. The first-order valence-electron chi connectivity index (χ1n) is 10.9. The van der Waals surface area contributed by atoms with E-state index in [4.69, 9.17) is 4.74 Å². The molecular weight excluding hydrogens is 412 g/mol. The van der Waals surface area contributed by atoms with E-state index < -0.39 is 11.7 Å². The van der Waals surface area contributed by atoms with Gasteiger partial charge >= 0.3 is 6.09 Å². The summed E-state index contributed by atoms with van der Waals surface area (Å²) < 4.78 is 6.82. The van der Waals surface area contributed by atoms with Gasteiger partial charge in [-0.05, 0) is 53.5 Å². The molecule has 10 heteroatoms. The third-order valence-electron chi connectivity index (χ3n) is 5.18. The Hall–Kier alpha value is -3.17. The SMILES string of the molecule is Cc1cc(C)n2ncc(C(=O)N3CCCC(C(=O)NCCNC(=O)OC(C)(C)C)C3)c2n1. The van der Waals surface area contributed by atoms with Crippen LogP contribution in [0.1, 0.15) is 55.4 Å². The van der Waals surface area contributed by atoms with Crippen LogP contribution in [0.5, 0.6) is 0 Å². The zero-order chi connectivity index (χ0) is 23.5. The Labute approximate surface area is 187 Å². The lowest BCUT2D eigenvalue weighted by molar-refractivity contribution is -0.126. The van der Waals surface area contributed by atoms with Crippen LogP contribution in [0.2, 0.25) is 0 Å². The van der Waals surface area contributed by atoms with Gasteiger partial charge in [0.25, 0.3) is 5.91 Å². The van der Waals surface area contributed by atoms with Crippen molar-refractivity contribution in [1.29, 1.82) is 0 Å². The van der Waals surface area contributed by atoms with Crippen LogP contribution in [0.15, 0.2) is 12.3 Å². The number of hydrogen-bond donors (Lipinski definition) is 2. The van der Waals surface area contributed by atoms with Crippen LogP contribution in [0, 0.1) is 19.8 Å². The minimum absolute atomic E-state index is 0.127. The zero-order valence-electron chi connectivity index (χ0n) is 19.4. The molecule has 0 radical (unpaired) electrons. The molecule has 1 fully saturated rings. The highest BCUT2D eigenvalue weighted by Gasteiger charge is 2.30. The molecule has 0 aromatic carbocycles. The summed E-state index contributed by atoms with van der Waals surface area (Å²) in [7, 11) is 0. The Morgan fingerprint density at radius 2 is 1.91 bits per heavy atom. The van der Waals surface area contributed by atoms with E-state index in [2.05, 4.69) is 20.7 Å². The van der Waals surface area contributed by atoms with Gasteiger partial charge in [0.15, 0.2) is 5.65 Å². The van der Waals surface area contributed by atoms with Gasteiger partial charge in [-0.15, -0.1) is 0 Å². The van der Waals surface area contributed by atoms with Crippen molar-refractivity contribution in [1.82, 2.24) is 30.1 Å². The van der Waals surface area contributed by atoms with E-state index in [-0.39, 0.29) is 24.3 Å². The second kappa shape index (κ2) is 9.54. The topological polar surface area (TPSA) is 118 Å². The van der Waals surface area contributed by atoms with Gasteiger partial charge in [-0.1, -0.05) is 0 Å². The molecule has 32 heavy (non-hydrogen) atoms. The fourth-order valence-corrected chi connectivity index (χ4v) is 3.78. The standard InChI is InChI=1S/C22H32N6O4/c1-14-11-15(2)28-18(26-14)17(12-25-28)20(30)27-10-6-7-16(13-27)19(29)23-8-9-24-21(31)32-22(3,4)5/h11-12,16H,6-10,13H2,1-5H3,(H,23,29)(H,24,31). The van der Waals surface area contributed by atoms with Crippen molar-refractivity contribution in [3.8, 4) is 0 Å². The molecule has 10 nitrogen and oxygen atoms in total. The van der Waals surface area contributed by atoms with Gasteiger partial charge in [0.2, 0.25) is 5.91 Å². The number of nitrogens with zero attached hydrogens (tertiary/aromatic N) is 4. The molecule has 1 aliphatic rings. The number of alkyl carbamates (subject to hydrolysis) is 1. The lowest BCUT2D eigenvalue weighted by Gasteiger charge is -2.31. The molecule has 1 atom stereocenters. The van der Waals surface area contributed by atoms with E-state index in [1.54, 1.807) is 36.4 Å². The summed E-state index contributed by atoms with van der Waals surface area (Å²) in [6.45, 7) is 10.6. The van der Waals surface area contributed by atoms with Gasteiger partial charge < -0.3 is 20.3 Å². The summed E-state index contributed by atoms with van der Waals surface area (Å²) in [6.07, 6.45) is 2.47. The maximum atomic E-state index is 13.2. The number of hydrogen-bond acceptors (Lipinski definition) is 6. The predicted molar refractivity (Wildman–Crippen MR) is 118 cm³/mol. The normalized spacial score (nSPS) is 16.7. The average Bonchev–Trinajstić information content (AvgIpc) is 3.13. The monoisotopic (exact) mass is 444 g/mol. The second-order valence-corrected chi connectivity index (χ2v) is 9.14. The van der Waals surface area contributed by atoms with Crippen LogP contribution in [0.4, 0.5) is 4.79 Å². The number of carbonyl (C=O) groups excluding carboxylic acids is 3. The van der Waals surface area contributed by atoms with Crippen LogP contribution in [-0.4, -0.2) is 69.2 Å². The molecule has 3 rings (SSSR count). The molecule has 0 bridgehead atoms. The Morgan fingerprint density at radius 3 is 2.62 bits per heavy atom. The van der Waals surface area contributed by atoms with Gasteiger partial charge in [0, 0.05) is 37.6 Å². The summed E-state index contributed by atoms with van der Waals surface area (Å²) in [6, 6.07) is 1.91. The molecule has 0 spiro atoms. The van der Waals surface area contributed by atoms with E-state index in [0.717, 1.165) is 17.8 Å². The first-order valence-corrected chi connectivity index (χ1v) is 10.9. The van der Waals surface area contributed by atoms with E-state index in [1.807, 2.05) is 19.9 Å². The Morgan fingerprint density at radius 1 is 1.19 bits per heavy atom. The van der Waals surface area contributed by atoms with Crippen molar-refractivity contribution in [2.24, 2.45) is 5.92 Å². The maximum absolute atomic E-state index is 13.2. The summed E-state index contributed by atoms with van der Waals surface area (Å²) in [5, 5.41) is 9.74. The van der Waals surface area contributed by atoms with Gasteiger partial charge in [0.05, 0.1) is 12.1 Å². The molecule has 2 N–H and O–H groups in total. The van der Waals surface area contributed by atoms with Crippen molar-refractivity contribution in [3.63, 3.8) is 0 Å².